The average Bonchev–Trinajstić information content (AvgIpc) is 3.05. The summed E-state index contributed by atoms with van der Waals surface area (Å²) in [4.78, 5) is 19.2. The van der Waals surface area contributed by atoms with Crippen molar-refractivity contribution in [3.05, 3.63) is 57.6 Å². The number of benzene rings is 2. The summed E-state index contributed by atoms with van der Waals surface area (Å²) in [5.74, 6) is 0. The van der Waals surface area contributed by atoms with E-state index >= 15 is 0 Å². The van der Waals surface area contributed by atoms with Gasteiger partial charge in [0.2, 0.25) is 0 Å². The van der Waals surface area contributed by atoms with E-state index in [1.165, 1.54) is 11.6 Å². The van der Waals surface area contributed by atoms with Crippen molar-refractivity contribution in [2.24, 2.45) is 9.98 Å². The number of nitrogens with two attached hydrogens (primary N) is 1. The zero-order valence-corrected chi connectivity index (χ0v) is 25.0. The van der Waals surface area contributed by atoms with Crippen LogP contribution in [0, 0.1) is 10.1 Å². The number of hydrogen-bond donors (Lipinski definition) is 1. The second-order valence-corrected chi connectivity index (χ2v) is 12.7. The van der Waals surface area contributed by atoms with Crippen LogP contribution in [0.4, 0.5) is 22.7 Å². The maximum absolute atomic E-state index is 10.7. The topological polar surface area (TPSA) is 157 Å². The Morgan fingerprint density at radius 2 is 1.26 bits per heavy atom. The van der Waals surface area contributed by atoms with Gasteiger partial charge < -0.3 is 16.7 Å². The standard InChI is InChI=1S/C11H12N2O2.C11H14N2.3ClH.2H2O.Sn/c1-7-11(2,3)9-6-8(13(14)15)4-5-10(9)12-7;1-7-11(2,3)9-6-8(12)4-5-10(9)13-7;;;;;;/h4-6H,1-3H3;4-6H,12H2,1-3H3;3*1H;2*1H2;/q;;;;;;;+2/p-2. The zero-order valence-electron chi connectivity index (χ0n) is 19.9. The van der Waals surface area contributed by atoms with Gasteiger partial charge in [0.15, 0.2) is 0 Å². The van der Waals surface area contributed by atoms with Crippen LogP contribution in [0.1, 0.15) is 52.7 Å². The molecule has 2 heterocycles. The number of nitrogen functional groups attached to an aromatic ring is 1. The van der Waals surface area contributed by atoms with Crippen LogP contribution in [0.15, 0.2) is 46.4 Å². The van der Waals surface area contributed by atoms with Crippen LogP contribution in [0.5, 0.6) is 0 Å². The average molecular weight is 641 g/mol. The first kappa shape index (κ1) is 34.7. The monoisotopic (exact) mass is 640 g/mol. The molecule has 2 aliphatic heterocycles. The minimum absolute atomic E-state index is 0. The summed E-state index contributed by atoms with van der Waals surface area (Å²) in [5, 5.41) is 10.7. The molecule has 188 valence electrons. The fraction of sp³-hybridized carbons (Fsp3) is 0.364. The maximum atomic E-state index is 10.7. The first-order valence-electron chi connectivity index (χ1n) is 9.63. The van der Waals surface area contributed by atoms with E-state index in [1.807, 2.05) is 39.0 Å². The SMILES string of the molecule is CC1=Nc2ccc(N)cc2C1(C)C.CC1=Nc2ccc([N+](=O)[O-])cc2C1(C)C.Cl.O.O.[Cl][Sn][Cl]. The summed E-state index contributed by atoms with van der Waals surface area (Å²) >= 11 is -0.826. The van der Waals surface area contributed by atoms with Crippen molar-refractivity contribution in [2.75, 3.05) is 5.73 Å². The summed E-state index contributed by atoms with van der Waals surface area (Å²) < 4.78 is 0. The van der Waals surface area contributed by atoms with Crippen molar-refractivity contribution in [1.29, 1.82) is 0 Å². The van der Waals surface area contributed by atoms with Gasteiger partial charge in [-0.05, 0) is 49.2 Å². The van der Waals surface area contributed by atoms with Crippen LogP contribution in [0.25, 0.3) is 0 Å². The van der Waals surface area contributed by atoms with Gasteiger partial charge >= 0.3 is 36.7 Å². The molecule has 2 aliphatic rings. The number of fused-ring (bicyclic) bond motifs is 2. The number of aliphatic imine (C=N–C) groups is 2. The third kappa shape index (κ3) is 7.29. The Morgan fingerprint density at radius 3 is 1.68 bits per heavy atom. The molecule has 0 fully saturated rings. The Kier molecular flexibility index (Phi) is 13.9. The van der Waals surface area contributed by atoms with E-state index in [0.717, 1.165) is 34.0 Å². The minimum atomic E-state index is -0.826. The molecular formula is C22H31Cl3N4O4Sn. The molecular weight excluding hydrogens is 609 g/mol. The normalized spacial score (nSPS) is 15.1. The molecule has 34 heavy (non-hydrogen) atoms. The van der Waals surface area contributed by atoms with Crippen LogP contribution in [-0.4, -0.2) is 46.2 Å². The van der Waals surface area contributed by atoms with Crippen LogP contribution in [0.2, 0.25) is 0 Å². The van der Waals surface area contributed by atoms with Crippen molar-refractivity contribution in [2.45, 2.75) is 52.4 Å². The predicted octanol–water partition coefficient (Wildman–Crippen LogP) is 5.40. The number of nitro benzene ring substituents is 1. The number of rotatable bonds is 1. The Labute approximate surface area is 223 Å². The molecule has 0 atom stereocenters. The van der Waals surface area contributed by atoms with Crippen molar-refractivity contribution in [3.63, 3.8) is 0 Å². The quantitative estimate of drug-likeness (QED) is 0.192. The molecule has 0 aromatic heterocycles. The number of anilines is 1. The molecule has 8 nitrogen and oxygen atoms in total. The molecule has 0 aliphatic carbocycles. The first-order chi connectivity index (χ1) is 14.4. The Morgan fingerprint density at radius 1 is 0.882 bits per heavy atom. The Bertz CT molecular complexity index is 1080. The number of nitrogens with zero attached hydrogens (tertiary/aromatic N) is 3. The molecule has 2 aromatic carbocycles. The van der Waals surface area contributed by atoms with Crippen LogP contribution < -0.4 is 5.73 Å². The van der Waals surface area contributed by atoms with Crippen LogP contribution in [-0.2, 0) is 10.8 Å². The van der Waals surface area contributed by atoms with Gasteiger partial charge in [-0.15, -0.1) is 12.4 Å². The molecule has 0 unspecified atom stereocenters. The fourth-order valence-corrected chi connectivity index (χ4v) is 3.42. The van der Waals surface area contributed by atoms with Crippen molar-refractivity contribution < 1.29 is 15.9 Å². The molecule has 6 N–H and O–H groups in total. The number of non-ortho nitro benzene ring substituents is 1. The van der Waals surface area contributed by atoms with E-state index in [0.29, 0.717) is 0 Å². The summed E-state index contributed by atoms with van der Waals surface area (Å²) in [6.45, 7) is 12.4. The second kappa shape index (κ2) is 13.6. The summed E-state index contributed by atoms with van der Waals surface area (Å²) in [5.41, 5.74) is 12.8. The predicted molar refractivity (Wildman–Crippen MR) is 147 cm³/mol. The fourth-order valence-electron chi connectivity index (χ4n) is 3.42. The van der Waals surface area contributed by atoms with Crippen molar-refractivity contribution in [3.8, 4) is 0 Å². The van der Waals surface area contributed by atoms with Crippen LogP contribution >= 0.6 is 30.2 Å². The Balaban J connectivity index is 0. The van der Waals surface area contributed by atoms with Gasteiger partial charge in [-0.3, -0.25) is 20.1 Å². The zero-order chi connectivity index (χ0) is 23.6. The number of hydrogen-bond acceptors (Lipinski definition) is 5. The molecule has 2 aromatic rings. The van der Waals surface area contributed by atoms with Gasteiger partial charge in [0.1, 0.15) is 0 Å². The number of nitro groups is 1. The number of halogens is 3. The van der Waals surface area contributed by atoms with Crippen molar-refractivity contribution >= 4 is 83.3 Å². The Hall–Kier alpha value is -1.43. The van der Waals surface area contributed by atoms with Gasteiger partial charge in [0.05, 0.1) is 16.3 Å². The van der Waals surface area contributed by atoms with Gasteiger partial charge in [-0.25, -0.2) is 0 Å². The molecule has 0 bridgehead atoms. The molecule has 0 saturated carbocycles. The molecule has 0 saturated heterocycles. The first-order valence-corrected chi connectivity index (χ1v) is 16.9. The molecule has 0 amide bonds. The van der Waals surface area contributed by atoms with E-state index < -0.39 is 18.9 Å². The van der Waals surface area contributed by atoms with E-state index in [4.69, 9.17) is 23.6 Å². The third-order valence-electron chi connectivity index (χ3n) is 5.94. The van der Waals surface area contributed by atoms with E-state index in [2.05, 4.69) is 30.8 Å². The molecule has 12 heteroatoms. The van der Waals surface area contributed by atoms with E-state index in [1.54, 1.807) is 12.1 Å². The second-order valence-electron chi connectivity index (χ2n) is 8.45. The molecule has 0 spiro atoms. The summed E-state index contributed by atoms with van der Waals surface area (Å²) in [6, 6.07) is 10.7. The van der Waals surface area contributed by atoms with E-state index in [9.17, 15) is 10.1 Å². The van der Waals surface area contributed by atoms with E-state index in [-0.39, 0.29) is 44.8 Å². The molecule has 2 radical (unpaired) electrons. The van der Waals surface area contributed by atoms with Crippen molar-refractivity contribution in [1.82, 2.24) is 0 Å². The van der Waals surface area contributed by atoms with Gasteiger partial charge in [-0.2, -0.15) is 0 Å². The van der Waals surface area contributed by atoms with Gasteiger partial charge in [0.25, 0.3) is 5.69 Å². The summed E-state index contributed by atoms with van der Waals surface area (Å²) in [7, 11) is 9.87. The molecule has 4 rings (SSSR count). The summed E-state index contributed by atoms with van der Waals surface area (Å²) in [6.07, 6.45) is 0. The van der Waals surface area contributed by atoms with Crippen LogP contribution in [0.3, 0.4) is 0 Å². The third-order valence-corrected chi connectivity index (χ3v) is 5.94. The van der Waals surface area contributed by atoms with Gasteiger partial charge in [0, 0.05) is 40.1 Å². The van der Waals surface area contributed by atoms with Gasteiger partial charge in [-0.1, -0.05) is 27.7 Å².